The Balaban J connectivity index is 2.79. The molecule has 0 bridgehead atoms. The molecule has 0 saturated heterocycles. The molecule has 86 valence electrons. The van der Waals surface area contributed by atoms with Crippen LogP contribution in [-0.4, -0.2) is 14.7 Å². The van der Waals surface area contributed by atoms with E-state index in [1.807, 2.05) is 17.5 Å². The second-order valence-corrected chi connectivity index (χ2v) is 6.85. The van der Waals surface area contributed by atoms with Crippen molar-refractivity contribution >= 4 is 21.4 Å². The molecular weight excluding hydrogens is 230 g/mol. The lowest BCUT2D eigenvalue weighted by molar-refractivity contribution is 0.478. The minimum Gasteiger partial charge on any atom is -0.213 e. The summed E-state index contributed by atoms with van der Waals surface area (Å²) in [6, 6.07) is 3.83. The van der Waals surface area contributed by atoms with Crippen molar-refractivity contribution in [3.8, 4) is 0 Å². The van der Waals surface area contributed by atoms with Crippen molar-refractivity contribution < 1.29 is 8.42 Å². The van der Waals surface area contributed by atoms with Gasteiger partial charge in [-0.15, -0.1) is 11.3 Å². The molecule has 1 N–H and O–H groups in total. The monoisotopic (exact) mass is 247 g/mol. The van der Waals surface area contributed by atoms with Crippen LogP contribution < -0.4 is 4.72 Å². The zero-order valence-electron chi connectivity index (χ0n) is 9.23. The third kappa shape index (κ3) is 4.77. The molecule has 0 amide bonds. The van der Waals surface area contributed by atoms with Crippen LogP contribution in [0.5, 0.6) is 0 Å². The molecule has 0 aromatic carbocycles. The number of hydrogen-bond donors (Lipinski definition) is 1. The van der Waals surface area contributed by atoms with Gasteiger partial charge in [0.25, 0.3) is 0 Å². The Hall–Kier alpha value is -0.390. The molecule has 1 aromatic rings. The minimum atomic E-state index is -3.14. The molecule has 0 aliphatic carbocycles. The van der Waals surface area contributed by atoms with Gasteiger partial charge in [0, 0.05) is 4.88 Å². The molecule has 1 aromatic heterocycles. The average molecular weight is 247 g/mol. The normalized spacial score (nSPS) is 14.4. The van der Waals surface area contributed by atoms with Crippen LogP contribution in [0.15, 0.2) is 17.5 Å². The summed E-state index contributed by atoms with van der Waals surface area (Å²) in [6.45, 7) is 4.18. The van der Waals surface area contributed by atoms with Crippen molar-refractivity contribution in [3.05, 3.63) is 22.4 Å². The molecule has 0 aliphatic heterocycles. The van der Waals surface area contributed by atoms with E-state index >= 15 is 0 Å². The first kappa shape index (κ1) is 12.7. The van der Waals surface area contributed by atoms with E-state index in [0.29, 0.717) is 5.92 Å². The summed E-state index contributed by atoms with van der Waals surface area (Å²) in [4.78, 5) is 1.08. The number of nitrogens with one attached hydrogen (secondary N) is 1. The Morgan fingerprint density at radius 2 is 2.13 bits per heavy atom. The quantitative estimate of drug-likeness (QED) is 0.868. The van der Waals surface area contributed by atoms with Crippen LogP contribution in [0.4, 0.5) is 0 Å². The predicted octanol–water partition coefficient (Wildman–Crippen LogP) is 2.38. The Labute approximate surface area is 95.6 Å². The van der Waals surface area contributed by atoms with Crippen molar-refractivity contribution in [2.75, 3.05) is 6.26 Å². The van der Waals surface area contributed by atoms with Crippen LogP contribution in [0.1, 0.15) is 31.2 Å². The smallest absolute Gasteiger partial charge is 0.209 e. The van der Waals surface area contributed by atoms with E-state index < -0.39 is 10.0 Å². The summed E-state index contributed by atoms with van der Waals surface area (Å²) in [7, 11) is -3.14. The van der Waals surface area contributed by atoms with E-state index in [2.05, 4.69) is 18.6 Å². The van der Waals surface area contributed by atoms with Crippen molar-refractivity contribution in [1.29, 1.82) is 0 Å². The molecule has 0 unspecified atom stereocenters. The fourth-order valence-electron chi connectivity index (χ4n) is 1.44. The minimum absolute atomic E-state index is 0.0833. The predicted molar refractivity (Wildman–Crippen MR) is 64.5 cm³/mol. The van der Waals surface area contributed by atoms with E-state index in [0.717, 1.165) is 11.3 Å². The Kier molecular flexibility index (Phi) is 4.31. The summed E-state index contributed by atoms with van der Waals surface area (Å²) in [5.74, 6) is 0.464. The molecule has 1 rings (SSSR count). The van der Waals surface area contributed by atoms with Crippen molar-refractivity contribution in [2.24, 2.45) is 5.92 Å². The molecule has 0 saturated carbocycles. The van der Waals surface area contributed by atoms with Crippen LogP contribution in [-0.2, 0) is 10.0 Å². The number of hydrogen-bond acceptors (Lipinski definition) is 3. The highest BCUT2D eigenvalue weighted by molar-refractivity contribution is 7.88. The fraction of sp³-hybridized carbons (Fsp3) is 0.600. The molecule has 5 heteroatoms. The van der Waals surface area contributed by atoms with Gasteiger partial charge in [-0.3, -0.25) is 0 Å². The molecule has 0 fully saturated rings. The average Bonchev–Trinajstić information content (AvgIpc) is 2.50. The van der Waals surface area contributed by atoms with Gasteiger partial charge >= 0.3 is 0 Å². The number of thiophene rings is 1. The maximum atomic E-state index is 11.2. The lowest BCUT2D eigenvalue weighted by atomic mass is 10.0. The zero-order chi connectivity index (χ0) is 11.5. The van der Waals surface area contributed by atoms with E-state index in [-0.39, 0.29) is 6.04 Å². The lowest BCUT2D eigenvalue weighted by Crippen LogP contribution is -2.27. The maximum Gasteiger partial charge on any atom is 0.209 e. The van der Waals surface area contributed by atoms with E-state index in [4.69, 9.17) is 0 Å². The zero-order valence-corrected chi connectivity index (χ0v) is 10.9. The van der Waals surface area contributed by atoms with Gasteiger partial charge < -0.3 is 0 Å². The number of sulfonamides is 1. The van der Waals surface area contributed by atoms with Gasteiger partial charge in [-0.2, -0.15) is 0 Å². The van der Waals surface area contributed by atoms with Crippen LogP contribution in [0.2, 0.25) is 0 Å². The molecule has 1 atom stereocenters. The molecule has 0 radical (unpaired) electrons. The van der Waals surface area contributed by atoms with Gasteiger partial charge in [0.2, 0.25) is 10.0 Å². The first-order chi connectivity index (χ1) is 6.88. The van der Waals surface area contributed by atoms with Crippen molar-refractivity contribution in [1.82, 2.24) is 4.72 Å². The Morgan fingerprint density at radius 3 is 2.53 bits per heavy atom. The highest BCUT2D eigenvalue weighted by Crippen LogP contribution is 2.25. The largest absolute Gasteiger partial charge is 0.213 e. The van der Waals surface area contributed by atoms with Gasteiger partial charge in [-0.25, -0.2) is 13.1 Å². The molecular formula is C10H17NO2S2. The van der Waals surface area contributed by atoms with Crippen molar-refractivity contribution in [2.45, 2.75) is 26.3 Å². The fourth-order valence-corrected chi connectivity index (χ4v) is 3.05. The molecule has 1 heterocycles. The van der Waals surface area contributed by atoms with Gasteiger partial charge in [0.05, 0.1) is 12.3 Å². The summed E-state index contributed by atoms with van der Waals surface area (Å²) in [5, 5.41) is 1.96. The highest BCUT2D eigenvalue weighted by atomic mass is 32.2. The van der Waals surface area contributed by atoms with E-state index in [9.17, 15) is 8.42 Å². The van der Waals surface area contributed by atoms with E-state index in [1.165, 1.54) is 6.26 Å². The second kappa shape index (κ2) is 5.09. The van der Waals surface area contributed by atoms with Gasteiger partial charge in [0.15, 0.2) is 0 Å². The number of rotatable bonds is 5. The van der Waals surface area contributed by atoms with Gasteiger partial charge in [0.1, 0.15) is 0 Å². The first-order valence-corrected chi connectivity index (χ1v) is 7.66. The van der Waals surface area contributed by atoms with E-state index in [1.54, 1.807) is 11.3 Å². The lowest BCUT2D eigenvalue weighted by Gasteiger charge is -2.17. The first-order valence-electron chi connectivity index (χ1n) is 4.89. The summed E-state index contributed by atoms with van der Waals surface area (Å²) in [5.41, 5.74) is 0. The van der Waals surface area contributed by atoms with Crippen molar-refractivity contribution in [3.63, 3.8) is 0 Å². The topological polar surface area (TPSA) is 46.2 Å². The molecule has 3 nitrogen and oxygen atoms in total. The summed E-state index contributed by atoms with van der Waals surface area (Å²) in [6.07, 6.45) is 2.03. The SMILES string of the molecule is CC(C)C[C@H](NS(C)(=O)=O)c1cccs1. The Morgan fingerprint density at radius 1 is 1.47 bits per heavy atom. The van der Waals surface area contributed by atoms with Crippen LogP contribution >= 0.6 is 11.3 Å². The Bertz CT molecular complexity index is 382. The van der Waals surface area contributed by atoms with Crippen LogP contribution in [0.3, 0.4) is 0 Å². The molecule has 0 aliphatic rings. The van der Waals surface area contributed by atoms with Crippen LogP contribution in [0.25, 0.3) is 0 Å². The standard InChI is InChI=1S/C10H17NO2S2/c1-8(2)7-9(11-15(3,12)13)10-5-4-6-14-10/h4-6,8-9,11H,7H2,1-3H3/t9-/m0/s1. The molecule has 0 spiro atoms. The third-order valence-corrected chi connectivity index (χ3v) is 3.65. The molecule has 15 heavy (non-hydrogen) atoms. The summed E-state index contributed by atoms with van der Waals surface area (Å²) < 4.78 is 25.1. The maximum absolute atomic E-state index is 11.2. The highest BCUT2D eigenvalue weighted by Gasteiger charge is 2.17. The summed E-state index contributed by atoms with van der Waals surface area (Å²) >= 11 is 1.59. The van der Waals surface area contributed by atoms with Gasteiger partial charge in [-0.1, -0.05) is 19.9 Å². The second-order valence-electron chi connectivity index (χ2n) is 4.09. The van der Waals surface area contributed by atoms with Gasteiger partial charge in [-0.05, 0) is 23.8 Å². The third-order valence-electron chi connectivity index (χ3n) is 1.95. The van der Waals surface area contributed by atoms with Crippen LogP contribution in [0, 0.1) is 5.92 Å².